The van der Waals surface area contributed by atoms with Gasteiger partial charge in [0.25, 0.3) is 11.8 Å². The minimum atomic E-state index is -0.602. The highest BCUT2D eigenvalue weighted by atomic mass is 16.2. The van der Waals surface area contributed by atoms with Crippen molar-refractivity contribution >= 4 is 23.4 Å². The summed E-state index contributed by atoms with van der Waals surface area (Å²) in [6.45, 7) is 2.06. The van der Waals surface area contributed by atoms with Crippen molar-refractivity contribution in [3.8, 4) is 0 Å². The average molecular weight is 355 g/mol. The first kappa shape index (κ1) is 17.7. The van der Waals surface area contributed by atoms with Crippen LogP contribution in [0.25, 0.3) is 0 Å². The van der Waals surface area contributed by atoms with Crippen molar-refractivity contribution in [2.75, 3.05) is 11.9 Å². The molecule has 2 heterocycles. The van der Waals surface area contributed by atoms with Crippen LogP contribution >= 0.6 is 0 Å². The fourth-order valence-corrected chi connectivity index (χ4v) is 3.20. The van der Waals surface area contributed by atoms with Crippen LogP contribution in [0.1, 0.15) is 58.8 Å². The monoisotopic (exact) mass is 355 g/mol. The number of amides is 3. The van der Waals surface area contributed by atoms with Gasteiger partial charge in [0, 0.05) is 24.7 Å². The summed E-state index contributed by atoms with van der Waals surface area (Å²) in [5.74, 6) is -0.862. The zero-order valence-corrected chi connectivity index (χ0v) is 14.5. The molecule has 0 spiro atoms. The number of H-pyrrole nitrogens is 1. The number of piperidine rings is 1. The molecule has 0 saturated carbocycles. The van der Waals surface area contributed by atoms with E-state index in [0.29, 0.717) is 23.5 Å². The molecule has 1 aromatic carbocycles. The number of hydrogen-bond donors (Lipinski definition) is 3. The van der Waals surface area contributed by atoms with Gasteiger partial charge in [0.15, 0.2) is 0 Å². The zero-order chi connectivity index (χ0) is 18.7. The van der Waals surface area contributed by atoms with E-state index >= 15 is 0 Å². The third kappa shape index (κ3) is 3.74. The zero-order valence-electron chi connectivity index (χ0n) is 14.5. The molecule has 1 fully saturated rings. The number of rotatable bonds is 4. The topological polar surface area (TPSA) is 121 Å². The molecule has 8 nitrogen and oxygen atoms in total. The fraction of sp³-hybridized carbons (Fsp3) is 0.333. The highest BCUT2D eigenvalue weighted by molar-refractivity contribution is 5.96. The Kier molecular flexibility index (Phi) is 5.01. The molecule has 3 rings (SSSR count). The van der Waals surface area contributed by atoms with E-state index in [1.807, 2.05) is 0 Å². The number of benzene rings is 1. The smallest absolute Gasteiger partial charge is 0.269 e. The second-order valence-corrected chi connectivity index (χ2v) is 6.34. The molecule has 2 aromatic rings. The second kappa shape index (κ2) is 7.38. The average Bonchev–Trinajstić information content (AvgIpc) is 3.11. The number of nitrogens with zero attached hydrogens (tertiary/aromatic N) is 2. The van der Waals surface area contributed by atoms with Gasteiger partial charge in [-0.2, -0.15) is 5.10 Å². The van der Waals surface area contributed by atoms with E-state index in [0.717, 1.165) is 19.3 Å². The number of carbonyl (C=O) groups excluding carboxylic acids is 3. The molecule has 4 N–H and O–H groups in total. The number of anilines is 1. The molecule has 136 valence electrons. The highest BCUT2D eigenvalue weighted by Crippen LogP contribution is 2.31. The van der Waals surface area contributed by atoms with E-state index < -0.39 is 5.91 Å². The predicted molar refractivity (Wildman–Crippen MR) is 95.5 cm³/mol. The number of carbonyl (C=O) groups is 3. The van der Waals surface area contributed by atoms with Crippen LogP contribution in [-0.4, -0.2) is 39.4 Å². The summed E-state index contributed by atoms with van der Waals surface area (Å²) >= 11 is 0. The summed E-state index contributed by atoms with van der Waals surface area (Å²) < 4.78 is 0. The van der Waals surface area contributed by atoms with Gasteiger partial charge in [0.1, 0.15) is 5.69 Å². The van der Waals surface area contributed by atoms with Crippen LogP contribution in [0.4, 0.5) is 5.69 Å². The van der Waals surface area contributed by atoms with Gasteiger partial charge in [-0.1, -0.05) is 0 Å². The van der Waals surface area contributed by atoms with Crippen LogP contribution in [0.5, 0.6) is 0 Å². The lowest BCUT2D eigenvalue weighted by atomic mass is 9.98. The molecule has 1 aliphatic heterocycles. The van der Waals surface area contributed by atoms with Crippen molar-refractivity contribution in [1.82, 2.24) is 15.1 Å². The van der Waals surface area contributed by atoms with E-state index in [1.165, 1.54) is 6.92 Å². The third-order valence-electron chi connectivity index (χ3n) is 4.43. The predicted octanol–water partition coefficient (Wildman–Crippen LogP) is 1.83. The lowest BCUT2D eigenvalue weighted by Gasteiger charge is -2.35. The molecular weight excluding hydrogens is 334 g/mol. The first-order chi connectivity index (χ1) is 12.5. The van der Waals surface area contributed by atoms with Gasteiger partial charge < -0.3 is 16.0 Å². The largest absolute Gasteiger partial charge is 0.364 e. The molecular formula is C18H21N5O3. The maximum absolute atomic E-state index is 13.0. The molecule has 26 heavy (non-hydrogen) atoms. The number of primary amides is 1. The number of likely N-dealkylation sites (tertiary alicyclic amines) is 1. The van der Waals surface area contributed by atoms with Crippen LogP contribution in [0.3, 0.4) is 0 Å². The van der Waals surface area contributed by atoms with Crippen molar-refractivity contribution in [2.24, 2.45) is 5.73 Å². The summed E-state index contributed by atoms with van der Waals surface area (Å²) in [5, 5.41) is 9.43. The van der Waals surface area contributed by atoms with Crippen molar-refractivity contribution in [2.45, 2.75) is 32.2 Å². The Hall–Kier alpha value is -3.16. The molecule has 1 unspecified atom stereocenters. The Morgan fingerprint density at radius 1 is 1.23 bits per heavy atom. The van der Waals surface area contributed by atoms with Gasteiger partial charge >= 0.3 is 0 Å². The Balaban J connectivity index is 1.81. The molecule has 1 atom stereocenters. The SMILES string of the molecule is CC(=O)Nc1ccc(C(=O)N2CCCCC2c2cc(C(N)=O)n[nH]2)cc1. The summed E-state index contributed by atoms with van der Waals surface area (Å²) in [5.41, 5.74) is 7.32. The summed E-state index contributed by atoms with van der Waals surface area (Å²) in [4.78, 5) is 37.1. The number of nitrogens with two attached hydrogens (primary N) is 1. The van der Waals surface area contributed by atoms with Gasteiger partial charge in [-0.3, -0.25) is 19.5 Å². The number of aromatic nitrogens is 2. The van der Waals surface area contributed by atoms with Gasteiger partial charge in [-0.25, -0.2) is 0 Å². The molecule has 1 saturated heterocycles. The number of nitrogens with one attached hydrogen (secondary N) is 2. The Morgan fingerprint density at radius 3 is 2.58 bits per heavy atom. The molecule has 0 radical (unpaired) electrons. The van der Waals surface area contributed by atoms with E-state index in [9.17, 15) is 14.4 Å². The molecule has 0 aliphatic carbocycles. The maximum Gasteiger partial charge on any atom is 0.269 e. The first-order valence-electron chi connectivity index (χ1n) is 8.49. The quantitative estimate of drug-likeness (QED) is 0.774. The maximum atomic E-state index is 13.0. The molecule has 1 aliphatic rings. The highest BCUT2D eigenvalue weighted by Gasteiger charge is 2.30. The molecule has 0 bridgehead atoms. The van der Waals surface area contributed by atoms with E-state index in [4.69, 9.17) is 5.73 Å². The minimum absolute atomic E-state index is 0.0979. The Labute approximate surface area is 150 Å². The lowest BCUT2D eigenvalue weighted by molar-refractivity contribution is -0.114. The van der Waals surface area contributed by atoms with E-state index in [-0.39, 0.29) is 23.6 Å². The Bertz CT molecular complexity index is 828. The van der Waals surface area contributed by atoms with Gasteiger partial charge in [0.05, 0.1) is 11.7 Å². The Morgan fingerprint density at radius 2 is 1.96 bits per heavy atom. The van der Waals surface area contributed by atoms with E-state index in [2.05, 4.69) is 15.5 Å². The first-order valence-corrected chi connectivity index (χ1v) is 8.49. The molecule has 8 heteroatoms. The van der Waals surface area contributed by atoms with Crippen LogP contribution in [0.15, 0.2) is 30.3 Å². The number of aromatic amines is 1. The van der Waals surface area contributed by atoms with Crippen molar-refractivity contribution in [3.63, 3.8) is 0 Å². The van der Waals surface area contributed by atoms with Crippen LogP contribution in [0.2, 0.25) is 0 Å². The van der Waals surface area contributed by atoms with Crippen molar-refractivity contribution in [1.29, 1.82) is 0 Å². The minimum Gasteiger partial charge on any atom is -0.364 e. The van der Waals surface area contributed by atoms with Crippen LogP contribution < -0.4 is 11.1 Å². The van der Waals surface area contributed by atoms with Crippen molar-refractivity contribution < 1.29 is 14.4 Å². The van der Waals surface area contributed by atoms with E-state index in [1.54, 1.807) is 35.2 Å². The molecule has 1 aromatic heterocycles. The van der Waals surface area contributed by atoms with Crippen LogP contribution in [-0.2, 0) is 4.79 Å². The second-order valence-electron chi connectivity index (χ2n) is 6.34. The van der Waals surface area contributed by atoms with Gasteiger partial charge in [-0.15, -0.1) is 0 Å². The normalized spacial score (nSPS) is 17.0. The number of hydrogen-bond acceptors (Lipinski definition) is 4. The third-order valence-corrected chi connectivity index (χ3v) is 4.43. The summed E-state index contributed by atoms with van der Waals surface area (Å²) in [7, 11) is 0. The van der Waals surface area contributed by atoms with Crippen molar-refractivity contribution in [3.05, 3.63) is 47.3 Å². The van der Waals surface area contributed by atoms with Gasteiger partial charge in [-0.05, 0) is 49.6 Å². The summed E-state index contributed by atoms with van der Waals surface area (Å²) in [6, 6.07) is 8.23. The lowest BCUT2D eigenvalue weighted by Crippen LogP contribution is -2.38. The van der Waals surface area contributed by atoms with Gasteiger partial charge in [0.2, 0.25) is 5.91 Å². The van der Waals surface area contributed by atoms with Crippen LogP contribution in [0, 0.1) is 0 Å². The molecule has 3 amide bonds. The fourth-order valence-electron chi connectivity index (χ4n) is 3.20. The standard InChI is InChI=1S/C18H21N5O3/c1-11(24)20-13-7-5-12(6-8-13)18(26)23-9-3-2-4-16(23)14-10-15(17(19)25)22-21-14/h5-8,10,16H,2-4,9H2,1H3,(H2,19,25)(H,20,24)(H,21,22). The summed E-state index contributed by atoms with van der Waals surface area (Å²) in [6.07, 6.45) is 2.69.